The molecule has 4 nitrogen and oxygen atoms in total. The Kier molecular flexibility index (Phi) is 7.59. The summed E-state index contributed by atoms with van der Waals surface area (Å²) in [6.07, 6.45) is 4.86. The maximum absolute atomic E-state index is 11.9. The Morgan fingerprint density at radius 2 is 2.15 bits per heavy atom. The molecule has 0 spiro atoms. The van der Waals surface area contributed by atoms with Crippen LogP contribution in [0, 0.1) is 12.8 Å². The number of hydrogen-bond donors (Lipinski definition) is 1. The predicted octanol–water partition coefficient (Wildman–Crippen LogP) is 4.26. The molecule has 0 amide bonds. The van der Waals surface area contributed by atoms with Crippen LogP contribution in [0.25, 0.3) is 0 Å². The van der Waals surface area contributed by atoms with Crippen molar-refractivity contribution in [2.24, 2.45) is 5.92 Å². The summed E-state index contributed by atoms with van der Waals surface area (Å²) in [6, 6.07) is 0. The molecule has 1 aromatic rings. The Morgan fingerprint density at radius 1 is 1.40 bits per heavy atom. The van der Waals surface area contributed by atoms with Gasteiger partial charge in [-0.2, -0.15) is 4.37 Å². The second-order valence-electron chi connectivity index (χ2n) is 4.99. The molecule has 0 aliphatic rings. The van der Waals surface area contributed by atoms with Gasteiger partial charge in [0, 0.05) is 6.54 Å². The number of anilines is 1. The van der Waals surface area contributed by atoms with E-state index in [9.17, 15) is 4.79 Å². The van der Waals surface area contributed by atoms with Gasteiger partial charge in [-0.25, -0.2) is 4.79 Å². The molecule has 1 unspecified atom stereocenters. The predicted molar refractivity (Wildman–Crippen MR) is 84.6 cm³/mol. The summed E-state index contributed by atoms with van der Waals surface area (Å²) in [5.74, 6) is 0.371. The Bertz CT molecular complexity index is 418. The van der Waals surface area contributed by atoms with E-state index in [-0.39, 0.29) is 5.97 Å². The molecule has 0 saturated carbocycles. The fraction of sp³-hybridized carbons (Fsp3) is 0.733. The molecular weight excluding hydrogens is 272 g/mol. The number of rotatable bonds is 9. The van der Waals surface area contributed by atoms with E-state index in [2.05, 4.69) is 23.5 Å². The number of aromatic nitrogens is 1. The smallest absolute Gasteiger partial charge is 0.343 e. The van der Waals surface area contributed by atoms with E-state index in [4.69, 9.17) is 4.74 Å². The standard InChI is InChI=1S/C15H26N2O2S/c1-5-8-9-12(6-2)10-16-14-13(11(4)17-20-14)15(18)19-7-3/h12,16H,5-10H2,1-4H3. The zero-order chi connectivity index (χ0) is 15.0. The lowest BCUT2D eigenvalue weighted by molar-refractivity contribution is 0.0527. The van der Waals surface area contributed by atoms with Crippen LogP contribution in [0.2, 0.25) is 0 Å². The van der Waals surface area contributed by atoms with Crippen LogP contribution in [0.15, 0.2) is 0 Å². The van der Waals surface area contributed by atoms with Gasteiger partial charge in [-0.1, -0.05) is 33.1 Å². The first-order chi connectivity index (χ1) is 9.63. The highest BCUT2D eigenvalue weighted by molar-refractivity contribution is 7.10. The molecular formula is C15H26N2O2S. The van der Waals surface area contributed by atoms with Crippen LogP contribution in [0.3, 0.4) is 0 Å². The number of ether oxygens (including phenoxy) is 1. The van der Waals surface area contributed by atoms with Gasteiger partial charge in [-0.3, -0.25) is 0 Å². The largest absolute Gasteiger partial charge is 0.462 e. The molecule has 0 aliphatic carbocycles. The molecule has 1 rings (SSSR count). The number of nitrogens with one attached hydrogen (secondary N) is 1. The van der Waals surface area contributed by atoms with Crippen molar-refractivity contribution in [1.29, 1.82) is 0 Å². The first-order valence-electron chi connectivity index (χ1n) is 7.51. The quantitative estimate of drug-likeness (QED) is 0.692. The van der Waals surface area contributed by atoms with Crippen LogP contribution in [-0.2, 0) is 4.74 Å². The summed E-state index contributed by atoms with van der Waals surface area (Å²) in [6.45, 7) is 9.38. The van der Waals surface area contributed by atoms with Crippen LogP contribution in [0.1, 0.15) is 62.5 Å². The number of esters is 1. The van der Waals surface area contributed by atoms with Crippen LogP contribution in [-0.4, -0.2) is 23.5 Å². The van der Waals surface area contributed by atoms with Crippen molar-refractivity contribution in [3.8, 4) is 0 Å². The van der Waals surface area contributed by atoms with Crippen LogP contribution >= 0.6 is 11.5 Å². The van der Waals surface area contributed by atoms with Gasteiger partial charge in [0.2, 0.25) is 0 Å². The number of carbonyl (C=O) groups is 1. The van der Waals surface area contributed by atoms with Gasteiger partial charge in [0.15, 0.2) is 0 Å². The fourth-order valence-electron chi connectivity index (χ4n) is 2.11. The number of hydrogen-bond acceptors (Lipinski definition) is 5. The number of unbranched alkanes of at least 4 members (excludes halogenated alkanes) is 1. The van der Waals surface area contributed by atoms with Gasteiger partial charge in [0.05, 0.1) is 12.3 Å². The topological polar surface area (TPSA) is 51.2 Å². The molecule has 0 aliphatic heterocycles. The third-order valence-electron chi connectivity index (χ3n) is 3.44. The van der Waals surface area contributed by atoms with Crippen molar-refractivity contribution < 1.29 is 9.53 Å². The molecule has 1 N–H and O–H groups in total. The monoisotopic (exact) mass is 298 g/mol. The number of carbonyl (C=O) groups excluding carboxylic acids is 1. The number of aryl methyl sites for hydroxylation is 1. The molecule has 20 heavy (non-hydrogen) atoms. The minimum atomic E-state index is -0.275. The summed E-state index contributed by atoms with van der Waals surface area (Å²) in [7, 11) is 0. The summed E-state index contributed by atoms with van der Waals surface area (Å²) in [5, 5.41) is 4.23. The van der Waals surface area contributed by atoms with E-state index in [1.165, 1.54) is 30.8 Å². The number of nitrogens with zero attached hydrogens (tertiary/aromatic N) is 1. The zero-order valence-corrected chi connectivity index (χ0v) is 13.8. The minimum Gasteiger partial charge on any atom is -0.462 e. The molecule has 5 heteroatoms. The van der Waals surface area contributed by atoms with Crippen LogP contribution < -0.4 is 5.32 Å². The zero-order valence-electron chi connectivity index (χ0n) is 13.0. The highest BCUT2D eigenvalue weighted by atomic mass is 32.1. The van der Waals surface area contributed by atoms with Gasteiger partial charge in [-0.05, 0) is 37.7 Å². The molecule has 114 valence electrons. The van der Waals surface area contributed by atoms with Crippen molar-refractivity contribution in [2.45, 2.75) is 53.4 Å². The molecule has 1 atom stereocenters. The first-order valence-corrected chi connectivity index (χ1v) is 8.28. The van der Waals surface area contributed by atoms with Gasteiger partial charge in [0.25, 0.3) is 0 Å². The highest BCUT2D eigenvalue weighted by Crippen LogP contribution is 2.26. The van der Waals surface area contributed by atoms with Gasteiger partial charge in [0.1, 0.15) is 10.6 Å². The van der Waals surface area contributed by atoms with E-state index in [0.717, 1.165) is 23.7 Å². The molecule has 0 saturated heterocycles. The second kappa shape index (κ2) is 8.95. The van der Waals surface area contributed by atoms with E-state index in [1.807, 2.05) is 13.8 Å². The van der Waals surface area contributed by atoms with Gasteiger partial charge >= 0.3 is 5.97 Å². The van der Waals surface area contributed by atoms with Crippen molar-refractivity contribution in [2.75, 3.05) is 18.5 Å². The summed E-state index contributed by atoms with van der Waals surface area (Å²) < 4.78 is 9.36. The summed E-state index contributed by atoms with van der Waals surface area (Å²) >= 11 is 1.34. The Hall–Kier alpha value is -1.10. The lowest BCUT2D eigenvalue weighted by atomic mass is 9.99. The highest BCUT2D eigenvalue weighted by Gasteiger charge is 2.20. The summed E-state index contributed by atoms with van der Waals surface area (Å²) in [4.78, 5) is 11.9. The molecule has 1 aromatic heterocycles. The minimum absolute atomic E-state index is 0.275. The molecule has 1 heterocycles. The maximum atomic E-state index is 11.9. The third kappa shape index (κ3) is 4.78. The van der Waals surface area contributed by atoms with E-state index >= 15 is 0 Å². The average molecular weight is 298 g/mol. The van der Waals surface area contributed by atoms with E-state index in [0.29, 0.717) is 18.1 Å². The van der Waals surface area contributed by atoms with Gasteiger partial charge in [-0.15, -0.1) is 0 Å². The van der Waals surface area contributed by atoms with E-state index in [1.54, 1.807) is 0 Å². The lowest BCUT2D eigenvalue weighted by Crippen LogP contribution is -2.15. The molecule has 0 fully saturated rings. The Morgan fingerprint density at radius 3 is 2.75 bits per heavy atom. The molecule has 0 radical (unpaired) electrons. The normalized spacial score (nSPS) is 12.2. The van der Waals surface area contributed by atoms with Crippen LogP contribution in [0.4, 0.5) is 5.00 Å². The average Bonchev–Trinajstić information content (AvgIpc) is 2.80. The van der Waals surface area contributed by atoms with Crippen molar-refractivity contribution in [1.82, 2.24) is 4.37 Å². The Labute approximate surface area is 126 Å². The maximum Gasteiger partial charge on any atom is 0.343 e. The van der Waals surface area contributed by atoms with Gasteiger partial charge < -0.3 is 10.1 Å². The van der Waals surface area contributed by atoms with E-state index < -0.39 is 0 Å². The van der Waals surface area contributed by atoms with Crippen molar-refractivity contribution >= 4 is 22.5 Å². The fourth-order valence-corrected chi connectivity index (χ4v) is 2.90. The van der Waals surface area contributed by atoms with Crippen molar-refractivity contribution in [3.63, 3.8) is 0 Å². The molecule has 0 aromatic carbocycles. The van der Waals surface area contributed by atoms with Crippen LogP contribution in [0.5, 0.6) is 0 Å². The SMILES string of the molecule is CCCCC(CC)CNc1snc(C)c1C(=O)OCC. The lowest BCUT2D eigenvalue weighted by Gasteiger charge is -2.15. The first kappa shape index (κ1) is 17.0. The third-order valence-corrected chi connectivity index (χ3v) is 4.33. The second-order valence-corrected chi connectivity index (χ2v) is 5.76. The molecule has 0 bridgehead atoms. The Balaban J connectivity index is 2.65. The van der Waals surface area contributed by atoms with Crippen molar-refractivity contribution in [3.05, 3.63) is 11.3 Å². The summed E-state index contributed by atoms with van der Waals surface area (Å²) in [5.41, 5.74) is 1.35.